The van der Waals surface area contributed by atoms with Crippen LogP contribution in [0, 0.1) is 10.6 Å². The van der Waals surface area contributed by atoms with Gasteiger partial charge in [0.25, 0.3) is 5.91 Å². The number of rotatable bonds is 5. The van der Waals surface area contributed by atoms with Crippen molar-refractivity contribution in [2.45, 2.75) is 9.92 Å². The summed E-state index contributed by atoms with van der Waals surface area (Å²) in [4.78, 5) is 12.9. The second-order valence-corrected chi connectivity index (χ2v) is 8.91. The number of nitrogens with zero attached hydrogens (tertiary/aromatic N) is 2. The molecule has 1 amide bonds. The van der Waals surface area contributed by atoms with Crippen molar-refractivity contribution in [3.8, 4) is 11.1 Å². The SMILES string of the molecule is N=S(=O)(c1ccc(C(=O)Nc2cc(-c3ccc(F)cc3)ccc2N)cc1)c1cccnn1. The lowest BCUT2D eigenvalue weighted by atomic mass is 10.0. The highest BCUT2D eigenvalue weighted by atomic mass is 32.2. The number of amides is 1. The van der Waals surface area contributed by atoms with Crippen molar-refractivity contribution in [3.63, 3.8) is 0 Å². The van der Waals surface area contributed by atoms with E-state index in [1.165, 1.54) is 48.7 Å². The Morgan fingerprint density at radius 2 is 1.66 bits per heavy atom. The Morgan fingerprint density at radius 1 is 0.969 bits per heavy atom. The minimum absolute atomic E-state index is 0.0441. The second kappa shape index (κ2) is 8.56. The lowest BCUT2D eigenvalue weighted by Crippen LogP contribution is -2.13. The van der Waals surface area contributed by atoms with Crippen LogP contribution in [0.3, 0.4) is 0 Å². The van der Waals surface area contributed by atoms with Gasteiger partial charge in [-0.15, -0.1) is 5.10 Å². The highest BCUT2D eigenvalue weighted by molar-refractivity contribution is 7.92. The fraction of sp³-hybridized carbons (Fsp3) is 0. The first-order chi connectivity index (χ1) is 15.3. The average Bonchev–Trinajstić information content (AvgIpc) is 2.81. The molecule has 4 N–H and O–H groups in total. The number of nitrogen functional groups attached to an aromatic ring is 1. The Labute approximate surface area is 184 Å². The van der Waals surface area contributed by atoms with Crippen LogP contribution in [0.5, 0.6) is 0 Å². The van der Waals surface area contributed by atoms with Gasteiger partial charge in [-0.3, -0.25) is 4.79 Å². The van der Waals surface area contributed by atoms with E-state index in [4.69, 9.17) is 10.5 Å². The molecule has 1 atom stereocenters. The molecule has 0 aliphatic heterocycles. The van der Waals surface area contributed by atoms with Gasteiger partial charge in [0.2, 0.25) is 0 Å². The number of anilines is 2. The average molecular weight is 447 g/mol. The molecule has 0 saturated heterocycles. The first-order valence-corrected chi connectivity index (χ1v) is 11.0. The Hall–Kier alpha value is -4.11. The first kappa shape index (κ1) is 21.1. The molecule has 3 aromatic carbocycles. The molecule has 1 unspecified atom stereocenters. The molecule has 1 heterocycles. The summed E-state index contributed by atoms with van der Waals surface area (Å²) < 4.78 is 34.2. The summed E-state index contributed by atoms with van der Waals surface area (Å²) in [5.74, 6) is -0.757. The van der Waals surface area contributed by atoms with Gasteiger partial charge in [0.15, 0.2) is 5.03 Å². The van der Waals surface area contributed by atoms with E-state index in [9.17, 15) is 13.4 Å². The number of benzene rings is 3. The molecule has 1 aromatic heterocycles. The van der Waals surface area contributed by atoms with Crippen LogP contribution in [0.2, 0.25) is 0 Å². The predicted molar refractivity (Wildman–Crippen MR) is 120 cm³/mol. The summed E-state index contributed by atoms with van der Waals surface area (Å²) in [6.45, 7) is 0. The maximum absolute atomic E-state index is 13.2. The number of hydrogen-bond acceptors (Lipinski definition) is 6. The topological polar surface area (TPSA) is 122 Å². The summed E-state index contributed by atoms with van der Waals surface area (Å²) in [5.41, 5.74) is 8.64. The zero-order valence-electron chi connectivity index (χ0n) is 16.7. The van der Waals surface area contributed by atoms with Crippen molar-refractivity contribution in [2.24, 2.45) is 0 Å². The van der Waals surface area contributed by atoms with E-state index in [-0.39, 0.29) is 15.7 Å². The standard InChI is InChI=1S/C23H18FN5O2S/c24-18-8-3-15(4-9-18)17-7-12-20(25)21(14-17)28-23(30)16-5-10-19(11-6-16)32(26,31)22-2-1-13-27-29-22/h1-14,26H,25H2,(H,28,30). The first-order valence-electron chi connectivity index (χ1n) is 9.48. The van der Waals surface area contributed by atoms with Gasteiger partial charge in [0.1, 0.15) is 15.5 Å². The predicted octanol–water partition coefficient (Wildman–Crippen LogP) is 4.58. The molecular weight excluding hydrogens is 429 g/mol. The number of nitrogens with two attached hydrogens (primary N) is 1. The fourth-order valence-electron chi connectivity index (χ4n) is 3.04. The molecule has 0 fully saturated rings. The van der Waals surface area contributed by atoms with E-state index in [2.05, 4.69) is 15.5 Å². The Bertz CT molecular complexity index is 1370. The van der Waals surface area contributed by atoms with Crippen LogP contribution >= 0.6 is 0 Å². The molecule has 7 nitrogen and oxygen atoms in total. The van der Waals surface area contributed by atoms with Crippen molar-refractivity contribution < 1.29 is 13.4 Å². The minimum Gasteiger partial charge on any atom is -0.397 e. The number of aromatic nitrogens is 2. The van der Waals surface area contributed by atoms with Crippen LogP contribution in [0.15, 0.2) is 95.0 Å². The van der Waals surface area contributed by atoms with Crippen molar-refractivity contribution in [2.75, 3.05) is 11.1 Å². The van der Waals surface area contributed by atoms with E-state index in [1.807, 2.05) is 0 Å². The maximum Gasteiger partial charge on any atom is 0.255 e. The van der Waals surface area contributed by atoms with Crippen LogP contribution in [-0.2, 0) is 9.73 Å². The van der Waals surface area contributed by atoms with E-state index in [0.29, 0.717) is 16.9 Å². The Morgan fingerprint density at radius 3 is 2.31 bits per heavy atom. The minimum atomic E-state index is -3.34. The molecule has 4 aromatic rings. The highest BCUT2D eigenvalue weighted by Crippen LogP contribution is 2.28. The van der Waals surface area contributed by atoms with Crippen molar-refractivity contribution in [3.05, 3.63) is 96.4 Å². The van der Waals surface area contributed by atoms with Crippen LogP contribution in [0.25, 0.3) is 11.1 Å². The van der Waals surface area contributed by atoms with E-state index in [1.54, 1.807) is 36.4 Å². The van der Waals surface area contributed by atoms with Crippen LogP contribution < -0.4 is 11.1 Å². The quantitative estimate of drug-likeness (QED) is 0.387. The number of nitrogens with one attached hydrogen (secondary N) is 2. The van der Waals surface area contributed by atoms with Gasteiger partial charge in [0, 0.05) is 11.8 Å². The molecule has 0 aliphatic rings. The summed E-state index contributed by atoms with van der Waals surface area (Å²) in [7, 11) is -3.34. The van der Waals surface area contributed by atoms with Gasteiger partial charge in [-0.1, -0.05) is 18.2 Å². The number of carbonyl (C=O) groups is 1. The van der Waals surface area contributed by atoms with Crippen LogP contribution in [0.1, 0.15) is 10.4 Å². The van der Waals surface area contributed by atoms with Gasteiger partial charge in [-0.2, -0.15) is 5.10 Å². The largest absolute Gasteiger partial charge is 0.397 e. The number of carbonyl (C=O) groups excluding carboxylic acids is 1. The highest BCUT2D eigenvalue weighted by Gasteiger charge is 2.16. The zero-order valence-corrected chi connectivity index (χ0v) is 17.5. The molecule has 0 spiro atoms. The molecule has 160 valence electrons. The smallest absolute Gasteiger partial charge is 0.255 e. The summed E-state index contributed by atoms with van der Waals surface area (Å²) in [6, 6.07) is 20.0. The molecule has 4 rings (SSSR count). The van der Waals surface area contributed by atoms with Gasteiger partial charge in [-0.05, 0) is 71.8 Å². The summed E-state index contributed by atoms with van der Waals surface area (Å²) >= 11 is 0. The third-order valence-electron chi connectivity index (χ3n) is 4.77. The summed E-state index contributed by atoms with van der Waals surface area (Å²) in [5, 5.41) is 10.2. The zero-order chi connectivity index (χ0) is 22.7. The molecule has 0 radical (unpaired) electrons. The number of hydrogen-bond donors (Lipinski definition) is 3. The van der Waals surface area contributed by atoms with Gasteiger partial charge in [0.05, 0.1) is 16.3 Å². The Kier molecular flexibility index (Phi) is 5.65. The third kappa shape index (κ3) is 4.33. The monoisotopic (exact) mass is 447 g/mol. The van der Waals surface area contributed by atoms with Crippen molar-refractivity contribution in [1.29, 1.82) is 4.78 Å². The van der Waals surface area contributed by atoms with E-state index < -0.39 is 15.6 Å². The van der Waals surface area contributed by atoms with Gasteiger partial charge >= 0.3 is 0 Å². The molecule has 32 heavy (non-hydrogen) atoms. The van der Waals surface area contributed by atoms with Crippen LogP contribution in [0.4, 0.5) is 15.8 Å². The van der Waals surface area contributed by atoms with Crippen molar-refractivity contribution >= 4 is 27.0 Å². The lowest BCUT2D eigenvalue weighted by Gasteiger charge is -2.12. The molecule has 0 bridgehead atoms. The Balaban J connectivity index is 1.56. The van der Waals surface area contributed by atoms with E-state index >= 15 is 0 Å². The van der Waals surface area contributed by atoms with Gasteiger partial charge < -0.3 is 11.1 Å². The van der Waals surface area contributed by atoms with E-state index in [0.717, 1.165) is 11.1 Å². The van der Waals surface area contributed by atoms with Crippen molar-refractivity contribution in [1.82, 2.24) is 10.2 Å². The van der Waals surface area contributed by atoms with Gasteiger partial charge in [-0.25, -0.2) is 13.4 Å². The molecule has 9 heteroatoms. The summed E-state index contributed by atoms with van der Waals surface area (Å²) in [6.07, 6.45) is 1.43. The second-order valence-electron chi connectivity index (χ2n) is 6.91. The molecule has 0 aliphatic carbocycles. The normalized spacial score (nSPS) is 12.7. The number of halogens is 1. The van der Waals surface area contributed by atoms with Crippen LogP contribution in [-0.4, -0.2) is 20.3 Å². The molecule has 0 saturated carbocycles. The fourth-order valence-corrected chi connectivity index (χ4v) is 4.23. The third-order valence-corrected chi connectivity index (χ3v) is 6.51. The lowest BCUT2D eigenvalue weighted by molar-refractivity contribution is 0.102. The maximum atomic E-state index is 13.2. The molecular formula is C23H18FN5O2S.